The molecule has 1 aliphatic rings. The van der Waals surface area contributed by atoms with Crippen molar-refractivity contribution in [1.29, 1.82) is 0 Å². The van der Waals surface area contributed by atoms with Gasteiger partial charge in [0, 0.05) is 0 Å². The fraction of sp³-hybridized carbons (Fsp3) is 0.250. The van der Waals surface area contributed by atoms with Crippen molar-refractivity contribution in [2.45, 2.75) is 5.79 Å². The third-order valence-corrected chi connectivity index (χ3v) is 1.21. The average molecular weight is 144 g/mol. The molecule has 0 spiro atoms. The lowest BCUT2D eigenvalue weighted by Crippen LogP contribution is -2.60. The highest BCUT2D eigenvalue weighted by atomic mass is 16.3. The van der Waals surface area contributed by atoms with Crippen molar-refractivity contribution in [3.63, 3.8) is 0 Å². The van der Waals surface area contributed by atoms with Crippen LogP contribution in [0, 0.1) is 0 Å². The molecule has 6 heteroatoms. The minimum atomic E-state index is -1.69. The maximum absolute atomic E-state index is 10.6. The van der Waals surface area contributed by atoms with Gasteiger partial charge in [0.05, 0.1) is 0 Å². The van der Waals surface area contributed by atoms with Crippen LogP contribution < -0.4 is 22.5 Å². The Labute approximate surface area is 56.7 Å². The van der Waals surface area contributed by atoms with E-state index >= 15 is 0 Å². The predicted molar refractivity (Wildman–Crippen MR) is 33.1 cm³/mol. The Morgan fingerprint density at radius 3 is 2.10 bits per heavy atom. The zero-order valence-corrected chi connectivity index (χ0v) is 5.09. The number of nitrogens with two attached hydrogens (primary N) is 3. The predicted octanol–water partition coefficient (Wildman–Crippen LogP) is -2.58. The summed E-state index contributed by atoms with van der Waals surface area (Å²) in [5, 5.41) is 11.0. The molecule has 0 radical (unpaired) electrons. The minimum Gasteiger partial charge on any atom is -0.505 e. The Hall–Kier alpha value is -1.27. The van der Waals surface area contributed by atoms with E-state index < -0.39 is 17.5 Å². The summed E-state index contributed by atoms with van der Waals surface area (Å²) in [6, 6.07) is 0. The number of aliphatic hydroxyl groups is 1. The highest BCUT2D eigenvalue weighted by Gasteiger charge is 2.38. The average Bonchev–Trinajstić information content (AvgIpc) is 1.95. The number of hydrogen-bond donors (Lipinski definition) is 5. The molecule has 56 valence electrons. The first kappa shape index (κ1) is 6.84. The third-order valence-electron chi connectivity index (χ3n) is 1.21. The molecule has 0 fully saturated rings. The highest BCUT2D eigenvalue weighted by Crippen LogP contribution is 2.11. The van der Waals surface area contributed by atoms with Crippen molar-refractivity contribution in [2.75, 3.05) is 0 Å². The summed E-state index contributed by atoms with van der Waals surface area (Å²) in [5.41, 5.74) is 15.0. The molecule has 0 unspecified atom stereocenters. The van der Waals surface area contributed by atoms with Gasteiger partial charge in [0.1, 0.15) is 5.70 Å². The first-order valence-electron chi connectivity index (χ1n) is 2.54. The highest BCUT2D eigenvalue weighted by molar-refractivity contribution is 5.96. The number of rotatable bonds is 0. The van der Waals surface area contributed by atoms with Gasteiger partial charge in [-0.15, -0.1) is 0 Å². The largest absolute Gasteiger partial charge is 0.505 e. The van der Waals surface area contributed by atoms with Gasteiger partial charge in [-0.3, -0.25) is 16.3 Å². The molecule has 1 rings (SSSR count). The molecule has 0 bridgehead atoms. The van der Waals surface area contributed by atoms with E-state index in [-0.39, 0.29) is 5.70 Å². The van der Waals surface area contributed by atoms with Crippen LogP contribution >= 0.6 is 0 Å². The van der Waals surface area contributed by atoms with Crippen LogP contribution in [0.2, 0.25) is 0 Å². The van der Waals surface area contributed by atoms with Gasteiger partial charge < -0.3 is 16.2 Å². The second-order valence-electron chi connectivity index (χ2n) is 2.09. The molecule has 1 aliphatic heterocycles. The molecule has 0 aliphatic carbocycles. The zero-order valence-electron chi connectivity index (χ0n) is 5.09. The summed E-state index contributed by atoms with van der Waals surface area (Å²) in [4.78, 5) is 10.6. The fourth-order valence-corrected chi connectivity index (χ4v) is 0.645. The number of aliphatic hydroxyl groups excluding tert-OH is 1. The van der Waals surface area contributed by atoms with Crippen molar-refractivity contribution < 1.29 is 9.90 Å². The maximum Gasteiger partial charge on any atom is 0.273 e. The van der Waals surface area contributed by atoms with Crippen molar-refractivity contribution in [3.8, 4) is 0 Å². The van der Waals surface area contributed by atoms with Gasteiger partial charge in [0.15, 0.2) is 5.76 Å². The summed E-state index contributed by atoms with van der Waals surface area (Å²) in [5.74, 6) is -2.86. The number of carbonyl (C=O) groups excluding carboxylic acids is 1. The van der Waals surface area contributed by atoms with Crippen molar-refractivity contribution in [2.24, 2.45) is 17.2 Å². The first-order valence-corrected chi connectivity index (χ1v) is 2.54. The molecule has 0 aromatic carbocycles. The summed E-state index contributed by atoms with van der Waals surface area (Å²) in [6.07, 6.45) is 0. The van der Waals surface area contributed by atoms with Crippen LogP contribution in [0.4, 0.5) is 0 Å². The fourth-order valence-electron chi connectivity index (χ4n) is 0.645. The topological polar surface area (TPSA) is 127 Å². The first-order chi connectivity index (χ1) is 4.45. The smallest absolute Gasteiger partial charge is 0.273 e. The van der Waals surface area contributed by atoms with E-state index in [1.807, 2.05) is 0 Å². The van der Waals surface area contributed by atoms with Gasteiger partial charge in [0.2, 0.25) is 5.79 Å². The SMILES string of the molecule is NC1=C(O)C(N)(N)NC1=O. The van der Waals surface area contributed by atoms with Gasteiger partial charge in [-0.1, -0.05) is 0 Å². The number of carbonyl (C=O) groups is 1. The van der Waals surface area contributed by atoms with Crippen LogP contribution in [-0.4, -0.2) is 16.8 Å². The van der Waals surface area contributed by atoms with Gasteiger partial charge in [0.25, 0.3) is 5.91 Å². The lowest BCUT2D eigenvalue weighted by Gasteiger charge is -2.16. The van der Waals surface area contributed by atoms with Crippen LogP contribution in [0.3, 0.4) is 0 Å². The molecule has 1 heterocycles. The third kappa shape index (κ3) is 0.703. The Kier molecular flexibility index (Phi) is 1.10. The quantitative estimate of drug-likeness (QED) is 0.238. The van der Waals surface area contributed by atoms with Gasteiger partial charge >= 0.3 is 0 Å². The van der Waals surface area contributed by atoms with E-state index in [0.717, 1.165) is 0 Å². The van der Waals surface area contributed by atoms with E-state index in [0.29, 0.717) is 0 Å². The van der Waals surface area contributed by atoms with Crippen molar-refractivity contribution >= 4 is 5.91 Å². The summed E-state index contributed by atoms with van der Waals surface area (Å²) >= 11 is 0. The molecule has 0 aromatic rings. The molecule has 1 amide bonds. The molecule has 10 heavy (non-hydrogen) atoms. The zero-order chi connectivity index (χ0) is 7.94. The Bertz CT molecular complexity index is 219. The van der Waals surface area contributed by atoms with E-state index in [4.69, 9.17) is 22.3 Å². The van der Waals surface area contributed by atoms with Gasteiger partial charge in [-0.2, -0.15) is 0 Å². The molecular formula is C4H8N4O2. The second-order valence-corrected chi connectivity index (χ2v) is 2.09. The summed E-state index contributed by atoms with van der Waals surface area (Å²) in [7, 11) is 0. The molecule has 0 atom stereocenters. The molecule has 0 saturated heterocycles. The number of nitrogens with one attached hydrogen (secondary N) is 1. The standard InChI is InChI=1S/C4H8N4O2/c5-1-2(9)4(6,7)8-3(1)10/h9H,5-7H2,(H,8,10). The Balaban J connectivity index is 3.06. The van der Waals surface area contributed by atoms with Crippen LogP contribution in [0.5, 0.6) is 0 Å². The van der Waals surface area contributed by atoms with Gasteiger partial charge in [-0.25, -0.2) is 0 Å². The minimum absolute atomic E-state index is 0.329. The van der Waals surface area contributed by atoms with E-state index in [9.17, 15) is 4.79 Å². The van der Waals surface area contributed by atoms with E-state index in [1.54, 1.807) is 0 Å². The van der Waals surface area contributed by atoms with Crippen molar-refractivity contribution in [3.05, 3.63) is 11.5 Å². The van der Waals surface area contributed by atoms with Gasteiger partial charge in [-0.05, 0) is 0 Å². The Morgan fingerprint density at radius 2 is 2.00 bits per heavy atom. The molecule has 0 saturated carbocycles. The summed E-state index contributed by atoms with van der Waals surface area (Å²) in [6.45, 7) is 0. The lowest BCUT2D eigenvalue weighted by molar-refractivity contribution is -0.117. The van der Waals surface area contributed by atoms with E-state index in [2.05, 4.69) is 5.32 Å². The molecule has 0 aromatic heterocycles. The van der Waals surface area contributed by atoms with Crippen LogP contribution in [0.1, 0.15) is 0 Å². The van der Waals surface area contributed by atoms with Crippen molar-refractivity contribution in [1.82, 2.24) is 5.32 Å². The molecule has 6 nitrogen and oxygen atoms in total. The second kappa shape index (κ2) is 1.61. The molecular weight excluding hydrogens is 136 g/mol. The Morgan fingerprint density at radius 1 is 1.50 bits per heavy atom. The number of hydrogen-bond acceptors (Lipinski definition) is 5. The summed E-state index contributed by atoms with van der Waals surface area (Å²) < 4.78 is 0. The van der Waals surface area contributed by atoms with Crippen LogP contribution in [0.25, 0.3) is 0 Å². The van der Waals surface area contributed by atoms with E-state index in [1.165, 1.54) is 0 Å². The molecule has 8 N–H and O–H groups in total. The number of amides is 1. The maximum atomic E-state index is 10.6. The lowest BCUT2D eigenvalue weighted by atomic mass is 10.3. The normalized spacial score (nSPS) is 23.2. The van der Waals surface area contributed by atoms with Crippen LogP contribution in [0.15, 0.2) is 11.5 Å². The van der Waals surface area contributed by atoms with Crippen LogP contribution in [-0.2, 0) is 4.79 Å². The monoisotopic (exact) mass is 144 g/mol.